The molecule has 0 unspecified atom stereocenters. The fourth-order valence-electron chi connectivity index (χ4n) is 2.51. The van der Waals surface area contributed by atoms with Gasteiger partial charge in [-0.05, 0) is 37.8 Å². The number of cyclic esters (lactones) is 1. The summed E-state index contributed by atoms with van der Waals surface area (Å²) in [7, 11) is 0. The topological polar surface area (TPSA) is 29.5 Å². The highest BCUT2D eigenvalue weighted by molar-refractivity contribution is 9.11. The molecule has 0 saturated heterocycles. The highest BCUT2D eigenvalue weighted by Crippen LogP contribution is 2.37. The Morgan fingerprint density at radius 1 is 1.28 bits per heavy atom. The predicted octanol–water partition coefficient (Wildman–Crippen LogP) is 3.36. The quantitative estimate of drug-likeness (QED) is 0.696. The van der Waals surface area contributed by atoms with Gasteiger partial charge in [0.25, 0.3) is 0 Å². The maximum Gasteiger partial charge on any atom is 0.339 e. The van der Waals surface area contributed by atoms with Crippen molar-refractivity contribution < 1.29 is 9.53 Å². The van der Waals surface area contributed by atoms with Crippen molar-refractivity contribution in [1.29, 1.82) is 0 Å². The number of rotatable bonds is 1. The zero-order chi connectivity index (χ0) is 12.5. The molecule has 3 rings (SSSR count). The van der Waals surface area contributed by atoms with Gasteiger partial charge in [-0.15, -0.1) is 0 Å². The van der Waals surface area contributed by atoms with Crippen molar-refractivity contribution in [1.82, 2.24) is 4.90 Å². The van der Waals surface area contributed by atoms with Gasteiger partial charge in [0.1, 0.15) is 0 Å². The van der Waals surface area contributed by atoms with Crippen LogP contribution in [0, 0.1) is 0 Å². The van der Waals surface area contributed by atoms with Crippen LogP contribution in [0.15, 0.2) is 45.9 Å². The van der Waals surface area contributed by atoms with Gasteiger partial charge in [0.05, 0.1) is 6.54 Å². The number of esters is 1. The molecule has 3 nitrogen and oxygen atoms in total. The minimum absolute atomic E-state index is 0.147. The number of halogens is 1. The standard InChI is InChI=1S/C14H14BrNO2/c15-10-4-3-7-16(8-10)9-13-11-5-1-2-6-12(11)14(17)18-13/h3-4,7,9H,1-2,5-6,8H2/b13-9+. The lowest BCUT2D eigenvalue weighted by Gasteiger charge is -2.19. The molecule has 0 saturated carbocycles. The van der Waals surface area contributed by atoms with Crippen molar-refractivity contribution in [2.24, 2.45) is 0 Å². The third-order valence-electron chi connectivity index (χ3n) is 3.39. The summed E-state index contributed by atoms with van der Waals surface area (Å²) in [5, 5.41) is 0. The summed E-state index contributed by atoms with van der Waals surface area (Å²) in [4.78, 5) is 13.8. The Balaban J connectivity index is 1.85. The first-order chi connectivity index (χ1) is 8.74. The van der Waals surface area contributed by atoms with Gasteiger partial charge in [-0.3, -0.25) is 0 Å². The Labute approximate surface area is 115 Å². The van der Waals surface area contributed by atoms with Gasteiger partial charge in [-0.1, -0.05) is 15.9 Å². The maximum atomic E-state index is 11.7. The van der Waals surface area contributed by atoms with Crippen LogP contribution in [0.1, 0.15) is 25.7 Å². The molecule has 0 spiro atoms. The van der Waals surface area contributed by atoms with Gasteiger partial charge in [0, 0.05) is 28.0 Å². The summed E-state index contributed by atoms with van der Waals surface area (Å²) in [6.07, 6.45) is 12.0. The molecular weight excluding hydrogens is 294 g/mol. The number of ether oxygens (including phenoxy) is 1. The Morgan fingerprint density at radius 3 is 2.83 bits per heavy atom. The molecule has 3 aliphatic rings. The van der Waals surface area contributed by atoms with Crippen LogP contribution in [0.4, 0.5) is 0 Å². The van der Waals surface area contributed by atoms with Crippen LogP contribution in [0.25, 0.3) is 0 Å². The number of hydrogen-bond donors (Lipinski definition) is 0. The molecule has 0 radical (unpaired) electrons. The van der Waals surface area contributed by atoms with Crippen LogP contribution < -0.4 is 0 Å². The molecule has 0 atom stereocenters. The van der Waals surface area contributed by atoms with Crippen molar-refractivity contribution in [3.63, 3.8) is 0 Å². The van der Waals surface area contributed by atoms with E-state index in [4.69, 9.17) is 4.74 Å². The molecule has 1 aliphatic carbocycles. The Kier molecular flexibility index (Phi) is 3.12. The van der Waals surface area contributed by atoms with E-state index in [1.807, 2.05) is 29.5 Å². The number of allylic oxidation sites excluding steroid dienone is 3. The Hall–Kier alpha value is -1.29. The highest BCUT2D eigenvalue weighted by atomic mass is 79.9. The Morgan fingerprint density at radius 2 is 2.06 bits per heavy atom. The normalized spacial score (nSPS) is 25.4. The second-order valence-corrected chi connectivity index (χ2v) is 5.69. The first-order valence-electron chi connectivity index (χ1n) is 6.19. The van der Waals surface area contributed by atoms with Crippen LogP contribution in [0.3, 0.4) is 0 Å². The van der Waals surface area contributed by atoms with E-state index >= 15 is 0 Å². The zero-order valence-electron chi connectivity index (χ0n) is 9.99. The van der Waals surface area contributed by atoms with Crippen LogP contribution in [-0.2, 0) is 9.53 Å². The minimum atomic E-state index is -0.147. The number of nitrogens with zero attached hydrogens (tertiary/aromatic N) is 1. The largest absolute Gasteiger partial charge is 0.421 e. The van der Waals surface area contributed by atoms with Gasteiger partial charge in [-0.25, -0.2) is 4.79 Å². The van der Waals surface area contributed by atoms with E-state index in [0.29, 0.717) is 0 Å². The summed E-state index contributed by atoms with van der Waals surface area (Å²) in [5.74, 6) is 0.591. The molecular formula is C14H14BrNO2. The summed E-state index contributed by atoms with van der Waals surface area (Å²) in [6, 6.07) is 0. The first-order valence-corrected chi connectivity index (χ1v) is 6.98. The molecule has 0 fully saturated rings. The van der Waals surface area contributed by atoms with Gasteiger partial charge in [0.15, 0.2) is 5.76 Å². The van der Waals surface area contributed by atoms with E-state index in [1.54, 1.807) is 0 Å². The number of hydrogen-bond acceptors (Lipinski definition) is 3. The SMILES string of the molecule is O=C1O/C(=C/N2C=CC=C(Br)C2)C2=C1CCCC2. The lowest BCUT2D eigenvalue weighted by Crippen LogP contribution is -2.15. The summed E-state index contributed by atoms with van der Waals surface area (Å²) in [6.45, 7) is 0.778. The van der Waals surface area contributed by atoms with Crippen molar-refractivity contribution >= 4 is 21.9 Å². The fraction of sp³-hybridized carbons (Fsp3) is 0.357. The highest BCUT2D eigenvalue weighted by Gasteiger charge is 2.31. The van der Waals surface area contributed by atoms with Gasteiger partial charge >= 0.3 is 5.97 Å². The molecule has 94 valence electrons. The summed E-state index contributed by atoms with van der Waals surface area (Å²) >= 11 is 3.48. The molecule has 18 heavy (non-hydrogen) atoms. The van der Waals surface area contributed by atoms with E-state index < -0.39 is 0 Å². The van der Waals surface area contributed by atoms with E-state index in [0.717, 1.165) is 53.6 Å². The Bertz CT molecular complexity index is 514. The summed E-state index contributed by atoms with van der Waals surface area (Å²) in [5.41, 5.74) is 2.01. The minimum Gasteiger partial charge on any atom is -0.421 e. The van der Waals surface area contributed by atoms with E-state index in [-0.39, 0.29) is 5.97 Å². The first kappa shape index (κ1) is 11.8. The third kappa shape index (κ3) is 2.17. The fourth-order valence-corrected chi connectivity index (χ4v) is 2.95. The van der Waals surface area contributed by atoms with Crippen LogP contribution in [0.2, 0.25) is 0 Å². The number of carbonyl (C=O) groups excluding carboxylic acids is 1. The van der Waals surface area contributed by atoms with E-state index in [1.165, 1.54) is 0 Å². The lowest BCUT2D eigenvalue weighted by molar-refractivity contribution is -0.133. The van der Waals surface area contributed by atoms with E-state index in [9.17, 15) is 4.79 Å². The molecule has 2 aliphatic heterocycles. The van der Waals surface area contributed by atoms with Crippen molar-refractivity contribution in [3.05, 3.63) is 45.9 Å². The molecule has 0 N–H and O–H groups in total. The number of carbonyl (C=O) groups is 1. The van der Waals surface area contributed by atoms with Gasteiger partial charge in [-0.2, -0.15) is 0 Å². The monoisotopic (exact) mass is 307 g/mol. The molecule has 2 heterocycles. The van der Waals surface area contributed by atoms with E-state index in [2.05, 4.69) is 15.9 Å². The smallest absolute Gasteiger partial charge is 0.339 e. The molecule has 0 aromatic carbocycles. The van der Waals surface area contributed by atoms with Crippen molar-refractivity contribution in [2.75, 3.05) is 6.54 Å². The lowest BCUT2D eigenvalue weighted by atomic mass is 9.92. The van der Waals surface area contributed by atoms with Crippen LogP contribution >= 0.6 is 15.9 Å². The van der Waals surface area contributed by atoms with Crippen molar-refractivity contribution in [2.45, 2.75) is 25.7 Å². The predicted molar refractivity (Wildman–Crippen MR) is 72.5 cm³/mol. The van der Waals surface area contributed by atoms with Crippen LogP contribution in [0.5, 0.6) is 0 Å². The second-order valence-electron chi connectivity index (χ2n) is 4.67. The second kappa shape index (κ2) is 4.76. The molecule has 4 heteroatoms. The molecule has 0 amide bonds. The maximum absolute atomic E-state index is 11.7. The third-order valence-corrected chi connectivity index (χ3v) is 3.90. The van der Waals surface area contributed by atoms with Crippen LogP contribution in [-0.4, -0.2) is 17.4 Å². The molecule has 0 aromatic heterocycles. The average Bonchev–Trinajstić information content (AvgIpc) is 2.67. The zero-order valence-corrected chi connectivity index (χ0v) is 11.6. The molecule has 0 aromatic rings. The van der Waals surface area contributed by atoms with Gasteiger partial charge in [0.2, 0.25) is 0 Å². The van der Waals surface area contributed by atoms with Gasteiger partial charge < -0.3 is 9.64 Å². The summed E-state index contributed by atoms with van der Waals surface area (Å²) < 4.78 is 6.50. The molecule has 0 bridgehead atoms. The average molecular weight is 308 g/mol. The van der Waals surface area contributed by atoms with Crippen molar-refractivity contribution in [3.8, 4) is 0 Å².